The molecule has 1 fully saturated rings. The molecular formula is C29H53NO2. The molecule has 3 N–H and O–H groups in total. The van der Waals surface area contributed by atoms with Crippen LogP contribution in [0, 0.1) is 28.1 Å². The number of allylic oxidation sites excluding steroid dienone is 4. The molecular weight excluding hydrogens is 394 g/mol. The average molecular weight is 448 g/mol. The van der Waals surface area contributed by atoms with E-state index in [1.54, 1.807) is 0 Å². The molecule has 1 rings (SSSR count). The molecule has 1 aliphatic rings. The van der Waals surface area contributed by atoms with Gasteiger partial charge < -0.3 is 15.5 Å². The first-order chi connectivity index (χ1) is 14.6. The number of hydrogen-bond acceptors (Lipinski definition) is 3. The molecule has 0 saturated heterocycles. The van der Waals surface area contributed by atoms with E-state index in [9.17, 15) is 5.11 Å². The molecule has 32 heavy (non-hydrogen) atoms. The molecule has 1 aliphatic carbocycles. The van der Waals surface area contributed by atoms with Crippen LogP contribution in [-0.4, -0.2) is 35.0 Å². The summed E-state index contributed by atoms with van der Waals surface area (Å²) in [4.78, 5) is 0. The first kappa shape index (κ1) is 29.1. The highest BCUT2D eigenvalue weighted by molar-refractivity contribution is 5.27. The second-order valence-corrected chi connectivity index (χ2v) is 12.9. The Balaban J connectivity index is 2.75. The fourth-order valence-electron chi connectivity index (χ4n) is 6.54. The van der Waals surface area contributed by atoms with Crippen molar-refractivity contribution in [1.82, 2.24) is 5.32 Å². The number of rotatable bonds is 13. The monoisotopic (exact) mass is 447 g/mol. The Hall–Kier alpha value is -0.900. The van der Waals surface area contributed by atoms with Gasteiger partial charge in [-0.15, -0.1) is 0 Å². The summed E-state index contributed by atoms with van der Waals surface area (Å²) >= 11 is 0. The van der Waals surface area contributed by atoms with Crippen LogP contribution in [0.3, 0.4) is 0 Å². The molecule has 0 radical (unpaired) electrons. The van der Waals surface area contributed by atoms with Crippen molar-refractivity contribution in [1.29, 1.82) is 0 Å². The van der Waals surface area contributed by atoms with Gasteiger partial charge in [-0.2, -0.15) is 0 Å². The van der Waals surface area contributed by atoms with E-state index in [1.165, 1.54) is 31.3 Å². The predicted molar refractivity (Wildman–Crippen MR) is 140 cm³/mol. The van der Waals surface area contributed by atoms with Gasteiger partial charge in [-0.25, -0.2) is 0 Å². The van der Waals surface area contributed by atoms with Gasteiger partial charge in [0.25, 0.3) is 0 Å². The van der Waals surface area contributed by atoms with Crippen LogP contribution in [0.5, 0.6) is 0 Å². The maximum atomic E-state index is 9.71. The maximum absolute atomic E-state index is 9.71. The van der Waals surface area contributed by atoms with Crippen molar-refractivity contribution in [2.75, 3.05) is 13.2 Å². The highest BCUT2D eigenvalue weighted by Gasteiger charge is 2.42. The first-order valence-electron chi connectivity index (χ1n) is 12.6. The molecule has 0 amide bonds. The SMILES string of the molecule is C=C/C=C(\C=C)C(C)(C)CC(C)(C)C1CCC(C(C)(C)CC(C)(C)NCC(O)CO)CC1. The summed E-state index contributed by atoms with van der Waals surface area (Å²) < 4.78 is 0. The minimum Gasteiger partial charge on any atom is -0.394 e. The van der Waals surface area contributed by atoms with Crippen molar-refractivity contribution in [3.63, 3.8) is 0 Å². The summed E-state index contributed by atoms with van der Waals surface area (Å²) in [6.45, 7) is 27.0. The Morgan fingerprint density at radius 2 is 1.38 bits per heavy atom. The molecule has 0 aliphatic heterocycles. The van der Waals surface area contributed by atoms with E-state index < -0.39 is 6.10 Å². The minimum atomic E-state index is -0.692. The summed E-state index contributed by atoms with van der Waals surface area (Å²) in [6.07, 6.45) is 12.6. The van der Waals surface area contributed by atoms with E-state index in [0.29, 0.717) is 6.54 Å². The Labute approximate surface area is 199 Å². The van der Waals surface area contributed by atoms with Crippen LogP contribution in [-0.2, 0) is 0 Å². The third-order valence-electron chi connectivity index (χ3n) is 8.06. The molecule has 3 nitrogen and oxygen atoms in total. The van der Waals surface area contributed by atoms with Gasteiger partial charge in [0.2, 0.25) is 0 Å². The van der Waals surface area contributed by atoms with E-state index in [-0.39, 0.29) is 28.4 Å². The highest BCUT2D eigenvalue weighted by atomic mass is 16.3. The quantitative estimate of drug-likeness (QED) is 0.276. The molecule has 0 aromatic carbocycles. The lowest BCUT2D eigenvalue weighted by Gasteiger charge is -2.48. The van der Waals surface area contributed by atoms with Gasteiger partial charge in [0.05, 0.1) is 12.7 Å². The van der Waals surface area contributed by atoms with Crippen molar-refractivity contribution in [3.05, 3.63) is 37.0 Å². The van der Waals surface area contributed by atoms with E-state index in [0.717, 1.165) is 24.7 Å². The second-order valence-electron chi connectivity index (χ2n) is 12.9. The van der Waals surface area contributed by atoms with Crippen molar-refractivity contribution >= 4 is 0 Å². The molecule has 0 heterocycles. The van der Waals surface area contributed by atoms with Gasteiger partial charge in [-0.05, 0) is 86.0 Å². The van der Waals surface area contributed by atoms with Gasteiger partial charge in [-0.1, -0.05) is 72.9 Å². The Kier molecular flexibility index (Phi) is 10.5. The largest absolute Gasteiger partial charge is 0.394 e. The van der Waals surface area contributed by atoms with Crippen molar-refractivity contribution in [2.45, 2.75) is 106 Å². The van der Waals surface area contributed by atoms with Crippen molar-refractivity contribution in [2.24, 2.45) is 28.1 Å². The number of aliphatic hydroxyl groups excluding tert-OH is 2. The molecule has 186 valence electrons. The van der Waals surface area contributed by atoms with Crippen molar-refractivity contribution < 1.29 is 10.2 Å². The van der Waals surface area contributed by atoms with Gasteiger partial charge in [0, 0.05) is 12.1 Å². The fraction of sp³-hybridized carbons (Fsp3) is 0.793. The lowest BCUT2D eigenvalue weighted by Crippen LogP contribution is -2.48. The molecule has 1 unspecified atom stereocenters. The van der Waals surface area contributed by atoms with E-state index >= 15 is 0 Å². The molecule has 0 bridgehead atoms. The third kappa shape index (κ3) is 8.47. The van der Waals surface area contributed by atoms with E-state index in [1.807, 2.05) is 12.2 Å². The third-order valence-corrected chi connectivity index (χ3v) is 8.06. The maximum Gasteiger partial charge on any atom is 0.0895 e. The average Bonchev–Trinajstić information content (AvgIpc) is 2.68. The van der Waals surface area contributed by atoms with Crippen LogP contribution in [0.2, 0.25) is 0 Å². The zero-order chi connectivity index (χ0) is 24.8. The standard InChI is InChI=1S/C29H53NO2/c1-11-13-22(12-2)26(3,4)20-27(5,6)23-14-16-24(17-15-23)28(7,8)21-29(9,10)30-18-25(32)19-31/h11-13,23-25,30-32H,1-2,14-21H2,3-10H3/b22-13+. The zero-order valence-electron chi connectivity index (χ0n) is 22.4. The van der Waals surface area contributed by atoms with E-state index in [2.05, 4.69) is 79.9 Å². The Morgan fingerprint density at radius 1 is 0.906 bits per heavy atom. The molecule has 3 heteroatoms. The fourth-order valence-corrected chi connectivity index (χ4v) is 6.54. The predicted octanol–water partition coefficient (Wildman–Crippen LogP) is 6.67. The number of hydrogen-bond donors (Lipinski definition) is 3. The Bertz CT molecular complexity index is 634. The minimum absolute atomic E-state index is 0.0711. The van der Waals surface area contributed by atoms with Crippen LogP contribution in [0.15, 0.2) is 37.0 Å². The summed E-state index contributed by atoms with van der Waals surface area (Å²) in [5, 5.41) is 22.3. The van der Waals surface area contributed by atoms with Gasteiger partial charge >= 0.3 is 0 Å². The van der Waals surface area contributed by atoms with Crippen LogP contribution < -0.4 is 5.32 Å². The highest BCUT2D eigenvalue weighted by Crippen LogP contribution is 2.51. The number of nitrogens with one attached hydrogen (secondary N) is 1. The lowest BCUT2D eigenvalue weighted by molar-refractivity contribution is 0.0395. The van der Waals surface area contributed by atoms with Gasteiger partial charge in [-0.3, -0.25) is 0 Å². The summed E-state index contributed by atoms with van der Waals surface area (Å²) in [6, 6.07) is 0. The number of β-amino-alcohol motifs (C(OH)–C–C–N with tert-alkyl or cyclic N) is 1. The zero-order valence-corrected chi connectivity index (χ0v) is 22.4. The summed E-state index contributed by atoms with van der Waals surface area (Å²) in [5.41, 5.74) is 1.81. The molecule has 1 saturated carbocycles. The molecule has 1 atom stereocenters. The Morgan fingerprint density at radius 3 is 1.78 bits per heavy atom. The normalized spacial score (nSPS) is 22.5. The van der Waals surface area contributed by atoms with Crippen molar-refractivity contribution in [3.8, 4) is 0 Å². The van der Waals surface area contributed by atoms with Crippen LogP contribution in [0.1, 0.15) is 93.9 Å². The van der Waals surface area contributed by atoms with Gasteiger partial charge in [0.1, 0.15) is 0 Å². The molecule has 0 aromatic rings. The topological polar surface area (TPSA) is 52.5 Å². The van der Waals surface area contributed by atoms with Crippen LogP contribution >= 0.6 is 0 Å². The smallest absolute Gasteiger partial charge is 0.0895 e. The molecule has 0 aromatic heterocycles. The number of aliphatic hydroxyl groups is 2. The summed E-state index contributed by atoms with van der Waals surface area (Å²) in [7, 11) is 0. The lowest BCUT2D eigenvalue weighted by atomic mass is 9.58. The molecule has 0 spiro atoms. The van der Waals surface area contributed by atoms with Gasteiger partial charge in [0.15, 0.2) is 0 Å². The van der Waals surface area contributed by atoms with Crippen LogP contribution in [0.25, 0.3) is 0 Å². The van der Waals surface area contributed by atoms with E-state index in [4.69, 9.17) is 5.11 Å². The van der Waals surface area contributed by atoms with Crippen LogP contribution in [0.4, 0.5) is 0 Å². The second kappa shape index (κ2) is 11.5. The summed E-state index contributed by atoms with van der Waals surface area (Å²) in [5.74, 6) is 1.46. The first-order valence-corrected chi connectivity index (χ1v) is 12.6.